The summed E-state index contributed by atoms with van der Waals surface area (Å²) in [5.41, 5.74) is -0.0706. The number of hydrogen-bond donors (Lipinski definition) is 1. The molecule has 0 aliphatic rings. The standard InChI is InChI=1S/C14H19NO3/c1-3-15(11-16)14(2,13(17)18)10-9-12-7-5-4-6-8-12/h4-8,11H,3,9-10H2,1-2H3,(H,17,18). The quantitative estimate of drug-likeness (QED) is 0.751. The van der Waals surface area contributed by atoms with Crippen molar-refractivity contribution >= 4 is 12.4 Å². The number of aliphatic carboxylic acids is 1. The first-order valence-corrected chi connectivity index (χ1v) is 6.04. The Hall–Kier alpha value is -1.84. The van der Waals surface area contributed by atoms with Gasteiger partial charge >= 0.3 is 5.97 Å². The van der Waals surface area contributed by atoms with E-state index in [0.717, 1.165) is 5.56 Å². The van der Waals surface area contributed by atoms with Crippen LogP contribution in [0.4, 0.5) is 0 Å². The summed E-state index contributed by atoms with van der Waals surface area (Å²) in [7, 11) is 0. The summed E-state index contributed by atoms with van der Waals surface area (Å²) >= 11 is 0. The van der Waals surface area contributed by atoms with Gasteiger partial charge in [-0.25, -0.2) is 4.79 Å². The van der Waals surface area contributed by atoms with E-state index in [4.69, 9.17) is 0 Å². The van der Waals surface area contributed by atoms with Crippen molar-refractivity contribution in [1.29, 1.82) is 0 Å². The molecule has 0 aliphatic heterocycles. The zero-order valence-corrected chi connectivity index (χ0v) is 10.8. The maximum Gasteiger partial charge on any atom is 0.329 e. The van der Waals surface area contributed by atoms with Crippen LogP contribution in [0, 0.1) is 0 Å². The van der Waals surface area contributed by atoms with Crippen molar-refractivity contribution in [1.82, 2.24) is 4.90 Å². The Morgan fingerprint density at radius 1 is 1.39 bits per heavy atom. The molecule has 0 heterocycles. The van der Waals surface area contributed by atoms with Crippen LogP contribution in [-0.2, 0) is 16.0 Å². The van der Waals surface area contributed by atoms with Gasteiger partial charge in [-0.15, -0.1) is 0 Å². The summed E-state index contributed by atoms with van der Waals surface area (Å²) in [6, 6.07) is 9.68. The van der Waals surface area contributed by atoms with Gasteiger partial charge in [-0.3, -0.25) is 4.79 Å². The summed E-state index contributed by atoms with van der Waals surface area (Å²) in [5.74, 6) is -0.965. The van der Waals surface area contributed by atoms with Crippen molar-refractivity contribution in [2.45, 2.75) is 32.2 Å². The third-order valence-electron chi connectivity index (χ3n) is 3.31. The molecular weight excluding hydrogens is 230 g/mol. The predicted octanol–water partition coefficient (Wildman–Crippen LogP) is 1.94. The molecule has 0 spiro atoms. The number of carbonyl (C=O) groups is 2. The molecule has 98 valence electrons. The third-order valence-corrected chi connectivity index (χ3v) is 3.31. The number of aryl methyl sites for hydroxylation is 1. The maximum atomic E-state index is 11.4. The molecule has 1 aromatic rings. The molecular formula is C14H19NO3. The van der Waals surface area contributed by atoms with Gasteiger partial charge in [0.2, 0.25) is 6.41 Å². The first-order chi connectivity index (χ1) is 8.54. The van der Waals surface area contributed by atoms with Crippen LogP contribution in [0.3, 0.4) is 0 Å². The van der Waals surface area contributed by atoms with Gasteiger partial charge in [0, 0.05) is 6.54 Å². The van der Waals surface area contributed by atoms with Crippen LogP contribution in [0.15, 0.2) is 30.3 Å². The minimum Gasteiger partial charge on any atom is -0.480 e. The fraction of sp³-hybridized carbons (Fsp3) is 0.429. The first kappa shape index (κ1) is 14.2. The molecule has 1 aromatic carbocycles. The molecule has 0 bridgehead atoms. The highest BCUT2D eigenvalue weighted by molar-refractivity contribution is 5.81. The van der Waals surface area contributed by atoms with E-state index in [1.165, 1.54) is 4.90 Å². The van der Waals surface area contributed by atoms with Gasteiger partial charge < -0.3 is 10.0 Å². The van der Waals surface area contributed by atoms with Crippen molar-refractivity contribution in [2.24, 2.45) is 0 Å². The lowest BCUT2D eigenvalue weighted by Gasteiger charge is -2.34. The van der Waals surface area contributed by atoms with E-state index in [1.807, 2.05) is 30.3 Å². The van der Waals surface area contributed by atoms with E-state index in [0.29, 0.717) is 25.8 Å². The molecule has 0 saturated heterocycles. The Morgan fingerprint density at radius 2 is 2.00 bits per heavy atom. The number of likely N-dealkylation sites (N-methyl/N-ethyl adjacent to an activating group) is 1. The molecule has 1 amide bonds. The van der Waals surface area contributed by atoms with Crippen LogP contribution in [0.5, 0.6) is 0 Å². The molecule has 1 atom stereocenters. The van der Waals surface area contributed by atoms with Crippen LogP contribution in [0.1, 0.15) is 25.8 Å². The van der Waals surface area contributed by atoms with Gasteiger partial charge in [0.15, 0.2) is 0 Å². The second kappa shape index (κ2) is 6.19. The lowest BCUT2D eigenvalue weighted by Crippen LogP contribution is -2.52. The van der Waals surface area contributed by atoms with Crippen LogP contribution in [-0.4, -0.2) is 34.5 Å². The molecule has 0 aromatic heterocycles. The van der Waals surface area contributed by atoms with Crippen LogP contribution in [0.2, 0.25) is 0 Å². The topological polar surface area (TPSA) is 57.6 Å². The Balaban J connectivity index is 2.81. The van der Waals surface area contributed by atoms with Crippen molar-refractivity contribution in [3.8, 4) is 0 Å². The predicted molar refractivity (Wildman–Crippen MR) is 69.2 cm³/mol. The third kappa shape index (κ3) is 3.09. The average molecular weight is 249 g/mol. The highest BCUT2D eigenvalue weighted by Crippen LogP contribution is 2.21. The SMILES string of the molecule is CCN(C=O)C(C)(CCc1ccccc1)C(=O)O. The summed E-state index contributed by atoms with van der Waals surface area (Å²) in [6.45, 7) is 3.76. The zero-order chi connectivity index (χ0) is 13.6. The van der Waals surface area contributed by atoms with E-state index < -0.39 is 11.5 Å². The second-order valence-electron chi connectivity index (χ2n) is 4.46. The van der Waals surface area contributed by atoms with E-state index in [9.17, 15) is 14.7 Å². The van der Waals surface area contributed by atoms with Gasteiger partial charge in [0.05, 0.1) is 0 Å². The molecule has 1 rings (SSSR count). The number of nitrogens with zero attached hydrogens (tertiary/aromatic N) is 1. The molecule has 0 radical (unpaired) electrons. The van der Waals surface area contributed by atoms with Crippen molar-refractivity contribution < 1.29 is 14.7 Å². The molecule has 4 nitrogen and oxygen atoms in total. The van der Waals surface area contributed by atoms with Crippen molar-refractivity contribution in [3.63, 3.8) is 0 Å². The Kier molecular flexibility index (Phi) is 4.89. The number of amides is 1. The summed E-state index contributed by atoms with van der Waals surface area (Å²) in [4.78, 5) is 23.7. The lowest BCUT2D eigenvalue weighted by molar-refractivity contribution is -0.154. The Morgan fingerprint density at radius 3 is 2.44 bits per heavy atom. The van der Waals surface area contributed by atoms with Gasteiger partial charge in [0.1, 0.15) is 5.54 Å². The monoisotopic (exact) mass is 249 g/mol. The fourth-order valence-electron chi connectivity index (χ4n) is 1.95. The minimum absolute atomic E-state index is 0.390. The summed E-state index contributed by atoms with van der Waals surface area (Å²) < 4.78 is 0. The van der Waals surface area contributed by atoms with Crippen molar-refractivity contribution in [2.75, 3.05) is 6.54 Å². The zero-order valence-electron chi connectivity index (χ0n) is 10.8. The van der Waals surface area contributed by atoms with E-state index in [2.05, 4.69) is 0 Å². The summed E-state index contributed by atoms with van der Waals surface area (Å²) in [6.07, 6.45) is 1.64. The summed E-state index contributed by atoms with van der Waals surface area (Å²) in [5, 5.41) is 9.34. The van der Waals surface area contributed by atoms with Gasteiger partial charge in [-0.05, 0) is 32.3 Å². The number of hydrogen-bond acceptors (Lipinski definition) is 2. The number of rotatable bonds is 7. The smallest absolute Gasteiger partial charge is 0.329 e. The molecule has 0 fully saturated rings. The molecule has 4 heteroatoms. The largest absolute Gasteiger partial charge is 0.480 e. The first-order valence-electron chi connectivity index (χ1n) is 6.04. The minimum atomic E-state index is -1.15. The molecule has 0 aliphatic carbocycles. The number of carboxylic acid groups (broad SMARTS) is 1. The number of carbonyl (C=O) groups excluding carboxylic acids is 1. The number of benzene rings is 1. The molecule has 1 N–H and O–H groups in total. The lowest BCUT2D eigenvalue weighted by atomic mass is 9.91. The van der Waals surface area contributed by atoms with Gasteiger partial charge in [-0.1, -0.05) is 30.3 Å². The second-order valence-corrected chi connectivity index (χ2v) is 4.46. The highest BCUT2D eigenvalue weighted by atomic mass is 16.4. The molecule has 0 saturated carbocycles. The van der Waals surface area contributed by atoms with Gasteiger partial charge in [0.25, 0.3) is 0 Å². The van der Waals surface area contributed by atoms with E-state index >= 15 is 0 Å². The number of carboxylic acids is 1. The average Bonchev–Trinajstić information content (AvgIpc) is 2.38. The van der Waals surface area contributed by atoms with E-state index in [1.54, 1.807) is 13.8 Å². The van der Waals surface area contributed by atoms with Crippen molar-refractivity contribution in [3.05, 3.63) is 35.9 Å². The van der Waals surface area contributed by atoms with E-state index in [-0.39, 0.29) is 0 Å². The molecule has 18 heavy (non-hydrogen) atoms. The normalized spacial score (nSPS) is 13.7. The van der Waals surface area contributed by atoms with Crippen LogP contribution in [0.25, 0.3) is 0 Å². The maximum absolute atomic E-state index is 11.4. The Labute approximate surface area is 107 Å². The van der Waals surface area contributed by atoms with Crippen LogP contribution >= 0.6 is 0 Å². The Bertz CT molecular complexity index is 405. The van der Waals surface area contributed by atoms with Gasteiger partial charge in [-0.2, -0.15) is 0 Å². The van der Waals surface area contributed by atoms with Crippen LogP contribution < -0.4 is 0 Å². The molecule has 1 unspecified atom stereocenters. The highest BCUT2D eigenvalue weighted by Gasteiger charge is 2.37. The fourth-order valence-corrected chi connectivity index (χ4v) is 1.95.